The first-order valence-corrected chi connectivity index (χ1v) is 8.95. The van der Waals surface area contributed by atoms with E-state index in [9.17, 15) is 8.60 Å². The molecular formula is C16H22FN3OS. The number of anilines is 1. The van der Waals surface area contributed by atoms with Crippen molar-refractivity contribution < 1.29 is 8.60 Å². The van der Waals surface area contributed by atoms with Crippen molar-refractivity contribution in [1.29, 1.82) is 5.26 Å². The largest absolute Gasteiger partial charge is 0.303 e. The molecule has 0 spiro atoms. The lowest BCUT2D eigenvalue weighted by molar-refractivity contribution is 0.116. The van der Waals surface area contributed by atoms with Crippen molar-refractivity contribution in [3.05, 3.63) is 29.6 Å². The molecule has 1 heterocycles. The summed E-state index contributed by atoms with van der Waals surface area (Å²) in [4.78, 5) is 2.32. The van der Waals surface area contributed by atoms with Crippen LogP contribution in [0.4, 0.5) is 10.1 Å². The minimum atomic E-state index is -1.29. The van der Waals surface area contributed by atoms with Crippen molar-refractivity contribution >= 4 is 16.7 Å². The maximum Gasteiger partial charge on any atom is 0.147 e. The second-order valence-electron chi connectivity index (χ2n) is 6.29. The molecule has 120 valence electrons. The van der Waals surface area contributed by atoms with Crippen LogP contribution in [-0.4, -0.2) is 28.5 Å². The van der Waals surface area contributed by atoms with Crippen LogP contribution in [0.3, 0.4) is 0 Å². The molecule has 2 rings (SSSR count). The molecule has 0 saturated carbocycles. The van der Waals surface area contributed by atoms with Crippen LogP contribution in [0.2, 0.25) is 0 Å². The summed E-state index contributed by atoms with van der Waals surface area (Å²) in [6.45, 7) is 4.80. The molecule has 1 saturated heterocycles. The van der Waals surface area contributed by atoms with Gasteiger partial charge >= 0.3 is 0 Å². The van der Waals surface area contributed by atoms with Crippen molar-refractivity contribution in [2.24, 2.45) is 5.41 Å². The average molecular weight is 323 g/mol. The third-order valence-corrected chi connectivity index (χ3v) is 4.77. The van der Waals surface area contributed by atoms with E-state index in [-0.39, 0.29) is 16.9 Å². The fraction of sp³-hybridized carbons (Fsp3) is 0.562. The van der Waals surface area contributed by atoms with Gasteiger partial charge in [0, 0.05) is 19.2 Å². The molecule has 1 fully saturated rings. The number of hydrogen-bond acceptors (Lipinski definition) is 3. The first-order chi connectivity index (χ1) is 10.4. The summed E-state index contributed by atoms with van der Waals surface area (Å²) in [7, 11) is -1.29. The summed E-state index contributed by atoms with van der Waals surface area (Å²) >= 11 is 0. The lowest BCUT2D eigenvalue weighted by Crippen LogP contribution is -2.38. The van der Waals surface area contributed by atoms with Crippen LogP contribution in [0.1, 0.15) is 31.7 Å². The van der Waals surface area contributed by atoms with Crippen molar-refractivity contribution in [2.45, 2.75) is 32.7 Å². The minimum absolute atomic E-state index is 0.125. The van der Waals surface area contributed by atoms with Gasteiger partial charge in [0.25, 0.3) is 0 Å². The Morgan fingerprint density at radius 3 is 2.73 bits per heavy atom. The van der Waals surface area contributed by atoms with Crippen LogP contribution in [0.15, 0.2) is 18.2 Å². The quantitative estimate of drug-likeness (QED) is 0.906. The monoisotopic (exact) mass is 323 g/mol. The second-order valence-corrected chi connectivity index (χ2v) is 7.40. The smallest absolute Gasteiger partial charge is 0.147 e. The zero-order valence-electron chi connectivity index (χ0n) is 13.1. The van der Waals surface area contributed by atoms with E-state index < -0.39 is 11.0 Å². The van der Waals surface area contributed by atoms with E-state index >= 15 is 0 Å². The highest BCUT2D eigenvalue weighted by Crippen LogP contribution is 2.34. The number of nitrogens with zero attached hydrogens (tertiary/aromatic N) is 2. The van der Waals surface area contributed by atoms with Crippen molar-refractivity contribution in [1.82, 2.24) is 4.90 Å². The van der Waals surface area contributed by atoms with Crippen LogP contribution < -0.4 is 4.72 Å². The molecular weight excluding hydrogens is 301 g/mol. The molecule has 1 unspecified atom stereocenters. The number of rotatable bonds is 5. The van der Waals surface area contributed by atoms with Gasteiger partial charge in [0.2, 0.25) is 0 Å². The van der Waals surface area contributed by atoms with E-state index in [2.05, 4.69) is 22.6 Å². The maximum absolute atomic E-state index is 13.7. The van der Waals surface area contributed by atoms with Gasteiger partial charge in [-0.1, -0.05) is 13.0 Å². The summed E-state index contributed by atoms with van der Waals surface area (Å²) < 4.78 is 27.5. The number of benzene rings is 1. The van der Waals surface area contributed by atoms with Crippen molar-refractivity contribution in [2.75, 3.05) is 24.1 Å². The molecule has 6 heteroatoms. The molecule has 0 bridgehead atoms. The predicted octanol–water partition coefficient (Wildman–Crippen LogP) is 3.05. The van der Waals surface area contributed by atoms with Crippen LogP contribution in [0, 0.1) is 22.6 Å². The highest BCUT2D eigenvalue weighted by Gasteiger charge is 2.29. The van der Waals surface area contributed by atoms with E-state index in [1.54, 1.807) is 12.1 Å². The fourth-order valence-electron chi connectivity index (χ4n) is 2.78. The summed E-state index contributed by atoms with van der Waals surface area (Å²) in [6.07, 6.45) is 4.10. The highest BCUT2D eigenvalue weighted by atomic mass is 32.2. The molecule has 1 N–H and O–H groups in total. The maximum atomic E-state index is 13.7. The predicted molar refractivity (Wildman–Crippen MR) is 86.9 cm³/mol. The van der Waals surface area contributed by atoms with E-state index in [4.69, 9.17) is 5.26 Å². The van der Waals surface area contributed by atoms with Gasteiger partial charge < -0.3 is 4.72 Å². The molecule has 0 aromatic heterocycles. The summed E-state index contributed by atoms with van der Waals surface area (Å²) in [5.74, 6) is -0.390. The molecule has 1 aliphatic heterocycles. The third-order valence-electron chi connectivity index (χ3n) is 4.26. The van der Waals surface area contributed by atoms with Gasteiger partial charge in [-0.25, -0.2) is 8.60 Å². The Labute approximate surface area is 133 Å². The second kappa shape index (κ2) is 7.21. The summed E-state index contributed by atoms with van der Waals surface area (Å²) in [6, 6.07) is 7.18. The molecule has 0 amide bonds. The van der Waals surface area contributed by atoms with Gasteiger partial charge in [0.1, 0.15) is 16.8 Å². The highest BCUT2D eigenvalue weighted by molar-refractivity contribution is 7.85. The Balaban J connectivity index is 1.98. The summed E-state index contributed by atoms with van der Waals surface area (Å²) in [5.41, 5.74) is 1.41. The van der Waals surface area contributed by atoms with Gasteiger partial charge in [-0.3, -0.25) is 4.90 Å². The third kappa shape index (κ3) is 4.52. The first-order valence-electron chi connectivity index (χ1n) is 7.40. The number of hydrogen-bond donors (Lipinski definition) is 1. The fourth-order valence-corrected chi connectivity index (χ4v) is 3.25. The Hall–Kier alpha value is -1.45. The Morgan fingerprint density at radius 2 is 2.14 bits per heavy atom. The van der Waals surface area contributed by atoms with Crippen molar-refractivity contribution in [3.63, 3.8) is 0 Å². The van der Waals surface area contributed by atoms with Crippen LogP contribution in [0.25, 0.3) is 0 Å². The molecule has 1 atom stereocenters. The minimum Gasteiger partial charge on any atom is -0.303 e. The van der Waals surface area contributed by atoms with Gasteiger partial charge in [-0.05, 0) is 49.0 Å². The Morgan fingerprint density at radius 1 is 1.45 bits per heavy atom. The topological polar surface area (TPSA) is 56.1 Å². The zero-order valence-corrected chi connectivity index (χ0v) is 13.9. The molecule has 0 aliphatic carbocycles. The van der Waals surface area contributed by atoms with Crippen LogP contribution in [-0.2, 0) is 17.5 Å². The summed E-state index contributed by atoms with van der Waals surface area (Å²) in [5, 5.41) is 8.88. The first kappa shape index (κ1) is 16.9. The van der Waals surface area contributed by atoms with Gasteiger partial charge in [-0.15, -0.1) is 0 Å². The molecule has 4 nitrogen and oxygen atoms in total. The molecule has 1 aromatic rings. The van der Waals surface area contributed by atoms with Gasteiger partial charge in [0.15, 0.2) is 0 Å². The van der Waals surface area contributed by atoms with E-state index in [0.717, 1.165) is 38.0 Å². The van der Waals surface area contributed by atoms with E-state index in [0.29, 0.717) is 6.42 Å². The molecule has 1 aromatic carbocycles. The normalized spacial score (nSPS) is 19.4. The Bertz CT molecular complexity index is 592. The number of piperidine rings is 1. The number of halogens is 1. The molecule has 22 heavy (non-hydrogen) atoms. The number of nitriles is 1. The number of likely N-dealkylation sites (tertiary alicyclic amines) is 1. The average Bonchev–Trinajstić information content (AvgIpc) is 2.45. The standard InChI is InChI=1S/C16H22FN3OS/c1-16(5-8-18)6-9-20(10-7-16)12-13-3-4-14(17)15(11-13)19-22(2)21/h3-4,11,19H,5-7,9-10,12H2,1-2H3. The zero-order chi connectivity index (χ0) is 16.2. The molecule has 0 radical (unpaired) electrons. The lowest BCUT2D eigenvalue weighted by atomic mass is 9.78. The van der Waals surface area contributed by atoms with Gasteiger partial charge in [-0.2, -0.15) is 5.26 Å². The Kier molecular flexibility index (Phi) is 5.54. The van der Waals surface area contributed by atoms with E-state index in [1.165, 1.54) is 12.3 Å². The SMILES string of the molecule is CS(=O)Nc1cc(CN2CCC(C)(CC#N)CC2)ccc1F. The number of nitrogens with one attached hydrogen (secondary N) is 1. The van der Waals surface area contributed by atoms with E-state index in [1.807, 2.05) is 0 Å². The van der Waals surface area contributed by atoms with Crippen molar-refractivity contribution in [3.8, 4) is 6.07 Å². The van der Waals surface area contributed by atoms with Gasteiger partial charge in [0.05, 0.1) is 11.8 Å². The molecule has 1 aliphatic rings. The van der Waals surface area contributed by atoms with Crippen LogP contribution in [0.5, 0.6) is 0 Å². The lowest BCUT2D eigenvalue weighted by Gasteiger charge is -2.38. The van der Waals surface area contributed by atoms with Crippen LogP contribution >= 0.6 is 0 Å².